The average molecular weight is 193 g/mol. The topological polar surface area (TPSA) is 73.0 Å². The Hall–Kier alpha value is -0.810. The van der Waals surface area contributed by atoms with Gasteiger partial charge in [-0.3, -0.25) is 0 Å². The zero-order valence-electron chi connectivity index (χ0n) is 5.36. The smallest absolute Gasteiger partial charge is 0.278 e. The summed E-state index contributed by atoms with van der Waals surface area (Å²) in [5.41, 5.74) is 5.61. The van der Waals surface area contributed by atoms with Crippen LogP contribution in [-0.2, 0) is 9.05 Å². The van der Waals surface area contributed by atoms with Crippen molar-refractivity contribution >= 4 is 25.4 Å². The normalized spacial score (nSPS) is 11.4. The van der Waals surface area contributed by atoms with E-state index in [-0.39, 0.29) is 5.03 Å². The van der Waals surface area contributed by atoms with Gasteiger partial charge in [-0.2, -0.15) is 0 Å². The predicted molar refractivity (Wildman–Crippen MR) is 41.7 cm³/mol. The summed E-state index contributed by atoms with van der Waals surface area (Å²) in [6, 6.07) is 2.67. The fraction of sp³-hybridized carbons (Fsp3) is 0. The molecule has 0 saturated heterocycles. The Morgan fingerprint density at radius 3 is 2.55 bits per heavy atom. The number of pyridine rings is 1. The number of aromatic nitrogens is 1. The molecule has 1 rings (SSSR count). The molecular formula is C5H5ClN2O2S. The highest BCUT2D eigenvalue weighted by molar-refractivity contribution is 8.13. The minimum Gasteiger partial charge on any atom is -0.399 e. The lowest BCUT2D eigenvalue weighted by Gasteiger charge is -1.94. The van der Waals surface area contributed by atoms with Crippen molar-refractivity contribution in [2.45, 2.75) is 5.03 Å². The number of halogens is 1. The van der Waals surface area contributed by atoms with E-state index in [9.17, 15) is 8.42 Å². The third-order valence-corrected chi connectivity index (χ3v) is 2.21. The number of hydrogen-bond donors (Lipinski definition) is 1. The van der Waals surface area contributed by atoms with Crippen molar-refractivity contribution < 1.29 is 8.42 Å². The molecule has 0 unspecified atom stereocenters. The molecule has 0 fully saturated rings. The summed E-state index contributed by atoms with van der Waals surface area (Å²) in [6.07, 6.45) is 1.28. The van der Waals surface area contributed by atoms with Crippen LogP contribution in [0.4, 0.5) is 5.69 Å². The van der Waals surface area contributed by atoms with Gasteiger partial charge in [-0.15, -0.1) is 0 Å². The van der Waals surface area contributed by atoms with E-state index in [1.165, 1.54) is 18.3 Å². The molecule has 4 nitrogen and oxygen atoms in total. The third kappa shape index (κ3) is 2.06. The molecule has 0 aliphatic carbocycles. The number of nitrogens with two attached hydrogens (primary N) is 1. The SMILES string of the molecule is Nc1ccnc(S(=O)(=O)Cl)c1. The second-order valence-electron chi connectivity index (χ2n) is 1.87. The van der Waals surface area contributed by atoms with E-state index < -0.39 is 9.05 Å². The van der Waals surface area contributed by atoms with Gasteiger partial charge in [0.15, 0.2) is 5.03 Å². The van der Waals surface area contributed by atoms with Crippen LogP contribution in [0.5, 0.6) is 0 Å². The molecule has 1 aromatic heterocycles. The molecule has 0 aromatic carbocycles. The van der Waals surface area contributed by atoms with Gasteiger partial charge < -0.3 is 5.73 Å². The summed E-state index contributed by atoms with van der Waals surface area (Å²) in [4.78, 5) is 3.51. The first kappa shape index (κ1) is 8.29. The van der Waals surface area contributed by atoms with E-state index in [2.05, 4.69) is 4.98 Å². The van der Waals surface area contributed by atoms with Gasteiger partial charge in [-0.25, -0.2) is 13.4 Å². The van der Waals surface area contributed by atoms with E-state index in [1.807, 2.05) is 0 Å². The number of nitrogen functional groups attached to an aromatic ring is 1. The zero-order valence-corrected chi connectivity index (χ0v) is 6.93. The molecule has 0 radical (unpaired) electrons. The summed E-state index contributed by atoms with van der Waals surface area (Å²) in [7, 11) is 1.24. The Morgan fingerprint density at radius 2 is 2.18 bits per heavy atom. The summed E-state index contributed by atoms with van der Waals surface area (Å²) < 4.78 is 21.3. The summed E-state index contributed by atoms with van der Waals surface area (Å²) in [5.74, 6) is 0. The van der Waals surface area contributed by atoms with Crippen molar-refractivity contribution in [3.05, 3.63) is 18.3 Å². The first-order valence-corrected chi connectivity index (χ1v) is 4.97. The van der Waals surface area contributed by atoms with Crippen molar-refractivity contribution in [3.8, 4) is 0 Å². The molecule has 1 heterocycles. The van der Waals surface area contributed by atoms with E-state index in [1.54, 1.807) is 0 Å². The first-order valence-electron chi connectivity index (χ1n) is 2.66. The predicted octanol–water partition coefficient (Wildman–Crippen LogP) is 0.591. The van der Waals surface area contributed by atoms with Crippen LogP contribution in [0.1, 0.15) is 0 Å². The maximum atomic E-state index is 10.6. The van der Waals surface area contributed by atoms with E-state index in [4.69, 9.17) is 16.4 Å². The molecule has 0 amide bonds. The third-order valence-electron chi connectivity index (χ3n) is 1.01. The van der Waals surface area contributed by atoms with Crippen LogP contribution in [0.25, 0.3) is 0 Å². The molecule has 11 heavy (non-hydrogen) atoms. The standard InChI is InChI=1S/C5H5ClN2O2S/c6-11(9,10)5-3-4(7)1-2-8-5/h1-3H,(H2,7,8). The molecule has 0 atom stereocenters. The van der Waals surface area contributed by atoms with Crippen molar-refractivity contribution in [1.82, 2.24) is 4.98 Å². The monoisotopic (exact) mass is 192 g/mol. The number of rotatable bonds is 1. The lowest BCUT2D eigenvalue weighted by Crippen LogP contribution is -1.96. The van der Waals surface area contributed by atoms with Gasteiger partial charge in [-0.1, -0.05) is 0 Å². The molecular weight excluding hydrogens is 188 g/mol. The number of anilines is 1. The molecule has 0 spiro atoms. The van der Waals surface area contributed by atoms with E-state index in [0.29, 0.717) is 5.69 Å². The summed E-state index contributed by atoms with van der Waals surface area (Å²) in [6.45, 7) is 0. The van der Waals surface area contributed by atoms with Crippen molar-refractivity contribution in [2.75, 3.05) is 5.73 Å². The highest BCUT2D eigenvalue weighted by Crippen LogP contribution is 2.13. The number of nitrogens with zero attached hydrogens (tertiary/aromatic N) is 1. The maximum Gasteiger partial charge on any atom is 0.278 e. The highest BCUT2D eigenvalue weighted by Gasteiger charge is 2.10. The highest BCUT2D eigenvalue weighted by atomic mass is 35.7. The molecule has 0 saturated carbocycles. The van der Waals surface area contributed by atoms with Crippen molar-refractivity contribution in [2.24, 2.45) is 0 Å². The Labute approximate surface area is 68.4 Å². The Balaban J connectivity index is 3.28. The second kappa shape index (κ2) is 2.67. The minimum atomic E-state index is -3.74. The van der Waals surface area contributed by atoms with E-state index >= 15 is 0 Å². The molecule has 60 valence electrons. The van der Waals surface area contributed by atoms with Gasteiger partial charge in [0.2, 0.25) is 0 Å². The summed E-state index contributed by atoms with van der Waals surface area (Å²) in [5, 5.41) is -0.223. The van der Waals surface area contributed by atoms with Gasteiger partial charge in [0.1, 0.15) is 0 Å². The first-order chi connectivity index (χ1) is 5.00. The number of hydrogen-bond acceptors (Lipinski definition) is 4. The Bertz CT molecular complexity index is 363. The van der Waals surface area contributed by atoms with Crippen LogP contribution in [0.3, 0.4) is 0 Å². The fourth-order valence-corrected chi connectivity index (χ4v) is 1.27. The second-order valence-corrected chi connectivity index (χ2v) is 4.38. The molecule has 1 aromatic rings. The molecule has 6 heteroatoms. The van der Waals surface area contributed by atoms with Crippen LogP contribution in [0, 0.1) is 0 Å². The van der Waals surface area contributed by atoms with Gasteiger partial charge in [0.05, 0.1) is 0 Å². The quantitative estimate of drug-likeness (QED) is 0.661. The molecule has 0 aliphatic heterocycles. The molecule has 0 aliphatic rings. The summed E-state index contributed by atoms with van der Waals surface area (Å²) >= 11 is 0. The van der Waals surface area contributed by atoms with Crippen molar-refractivity contribution in [1.29, 1.82) is 0 Å². The Kier molecular flexibility index (Phi) is 2.01. The van der Waals surface area contributed by atoms with Gasteiger partial charge in [0.25, 0.3) is 9.05 Å². The van der Waals surface area contributed by atoms with Crippen LogP contribution in [0.2, 0.25) is 0 Å². The van der Waals surface area contributed by atoms with Crippen LogP contribution < -0.4 is 5.73 Å². The maximum absolute atomic E-state index is 10.6. The van der Waals surface area contributed by atoms with Gasteiger partial charge >= 0.3 is 0 Å². The zero-order chi connectivity index (χ0) is 8.48. The van der Waals surface area contributed by atoms with E-state index in [0.717, 1.165) is 0 Å². The lowest BCUT2D eigenvalue weighted by molar-refractivity contribution is 0.606. The average Bonchev–Trinajstić information content (AvgIpc) is 1.86. The molecule has 0 bridgehead atoms. The molecule has 2 N–H and O–H groups in total. The fourth-order valence-electron chi connectivity index (χ4n) is 0.558. The largest absolute Gasteiger partial charge is 0.399 e. The van der Waals surface area contributed by atoms with Crippen LogP contribution in [-0.4, -0.2) is 13.4 Å². The van der Waals surface area contributed by atoms with Crippen LogP contribution in [0.15, 0.2) is 23.4 Å². The van der Waals surface area contributed by atoms with Gasteiger partial charge in [0, 0.05) is 22.6 Å². The Morgan fingerprint density at radius 1 is 1.55 bits per heavy atom. The van der Waals surface area contributed by atoms with Crippen molar-refractivity contribution in [3.63, 3.8) is 0 Å². The lowest BCUT2D eigenvalue weighted by atomic mass is 10.4. The van der Waals surface area contributed by atoms with Crippen LogP contribution >= 0.6 is 10.7 Å². The van der Waals surface area contributed by atoms with Gasteiger partial charge in [-0.05, 0) is 12.1 Å². The minimum absolute atomic E-state index is 0.223.